The highest BCUT2D eigenvalue weighted by molar-refractivity contribution is 9.10. The van der Waals surface area contributed by atoms with E-state index >= 15 is 0 Å². The molecule has 1 heterocycles. The second-order valence-electron chi connectivity index (χ2n) is 4.13. The summed E-state index contributed by atoms with van der Waals surface area (Å²) < 4.78 is 14.1. The molecule has 0 spiro atoms. The minimum atomic E-state index is -0.494. The molecule has 2 aromatic carbocycles. The number of pyridine rings is 1. The van der Waals surface area contributed by atoms with Crippen molar-refractivity contribution >= 4 is 38.1 Å². The average Bonchev–Trinajstić information content (AvgIpc) is 2.42. The van der Waals surface area contributed by atoms with Crippen LogP contribution in [0, 0.1) is 5.95 Å². The van der Waals surface area contributed by atoms with E-state index in [0.717, 1.165) is 20.9 Å². The van der Waals surface area contributed by atoms with Crippen molar-refractivity contribution in [2.45, 2.75) is 0 Å². The largest absolute Gasteiger partial charge is 0.355 e. The number of benzene rings is 2. The lowest BCUT2D eigenvalue weighted by molar-refractivity contribution is 0.584. The van der Waals surface area contributed by atoms with Crippen molar-refractivity contribution in [3.8, 4) is 0 Å². The quantitative estimate of drug-likeness (QED) is 0.681. The molecule has 19 heavy (non-hydrogen) atoms. The van der Waals surface area contributed by atoms with E-state index in [1.807, 2.05) is 36.4 Å². The number of hydrogen-bond donors (Lipinski definition) is 1. The van der Waals surface area contributed by atoms with Gasteiger partial charge in [-0.1, -0.05) is 40.2 Å². The minimum absolute atomic E-state index is 0.494. The standard InChI is InChI=1S/C15H10BrFN2/c16-13-5-6-14(12-4-2-1-3-11(12)13)19-10-7-8-18-15(17)9-10/h1-9H,(H,18,19). The van der Waals surface area contributed by atoms with E-state index in [1.54, 1.807) is 6.07 Å². The molecule has 1 aromatic heterocycles. The van der Waals surface area contributed by atoms with Crippen molar-refractivity contribution in [1.82, 2.24) is 4.98 Å². The number of fused-ring (bicyclic) bond motifs is 1. The van der Waals surface area contributed by atoms with Gasteiger partial charge in [-0.15, -0.1) is 0 Å². The summed E-state index contributed by atoms with van der Waals surface area (Å²) in [4.78, 5) is 3.54. The van der Waals surface area contributed by atoms with Gasteiger partial charge in [0.1, 0.15) is 0 Å². The summed E-state index contributed by atoms with van der Waals surface area (Å²) in [7, 11) is 0. The van der Waals surface area contributed by atoms with Crippen molar-refractivity contribution in [2.75, 3.05) is 5.32 Å². The number of halogens is 2. The topological polar surface area (TPSA) is 24.9 Å². The van der Waals surface area contributed by atoms with Gasteiger partial charge in [0.25, 0.3) is 0 Å². The zero-order chi connectivity index (χ0) is 13.2. The third-order valence-electron chi connectivity index (χ3n) is 2.88. The summed E-state index contributed by atoms with van der Waals surface area (Å²) in [5.41, 5.74) is 1.62. The molecular weight excluding hydrogens is 307 g/mol. The van der Waals surface area contributed by atoms with E-state index in [-0.39, 0.29) is 0 Å². The van der Waals surface area contributed by atoms with Crippen LogP contribution in [0.15, 0.2) is 59.2 Å². The third-order valence-corrected chi connectivity index (χ3v) is 3.57. The lowest BCUT2D eigenvalue weighted by atomic mass is 10.1. The molecular formula is C15H10BrFN2. The van der Waals surface area contributed by atoms with Crippen LogP contribution in [-0.2, 0) is 0 Å². The predicted octanol–water partition coefficient (Wildman–Crippen LogP) is 4.88. The highest BCUT2D eigenvalue weighted by atomic mass is 79.9. The molecule has 3 rings (SSSR count). The molecule has 0 atom stereocenters. The molecule has 0 aliphatic heterocycles. The van der Waals surface area contributed by atoms with Crippen LogP contribution in [0.5, 0.6) is 0 Å². The van der Waals surface area contributed by atoms with Crippen molar-refractivity contribution in [3.63, 3.8) is 0 Å². The molecule has 0 radical (unpaired) electrons. The summed E-state index contributed by atoms with van der Waals surface area (Å²) in [6, 6.07) is 15.1. The van der Waals surface area contributed by atoms with Gasteiger partial charge in [-0.25, -0.2) is 4.98 Å². The third kappa shape index (κ3) is 2.44. The molecule has 0 saturated carbocycles. The molecule has 0 bridgehead atoms. The Morgan fingerprint density at radius 1 is 1.00 bits per heavy atom. The maximum Gasteiger partial charge on any atom is 0.214 e. The van der Waals surface area contributed by atoms with Gasteiger partial charge in [0.2, 0.25) is 5.95 Å². The summed E-state index contributed by atoms with van der Waals surface area (Å²) in [5, 5.41) is 5.40. The first-order chi connectivity index (χ1) is 9.24. The van der Waals surface area contributed by atoms with E-state index < -0.39 is 5.95 Å². The first-order valence-electron chi connectivity index (χ1n) is 5.80. The Kier molecular flexibility index (Phi) is 3.17. The molecule has 4 heteroatoms. The molecule has 0 fully saturated rings. The number of anilines is 2. The number of aromatic nitrogens is 1. The Morgan fingerprint density at radius 2 is 1.79 bits per heavy atom. The number of nitrogens with zero attached hydrogens (tertiary/aromatic N) is 1. The second-order valence-corrected chi connectivity index (χ2v) is 4.99. The van der Waals surface area contributed by atoms with Crippen molar-refractivity contribution in [3.05, 3.63) is 65.1 Å². The van der Waals surface area contributed by atoms with Crippen LogP contribution < -0.4 is 5.32 Å². The summed E-state index contributed by atoms with van der Waals surface area (Å²) in [5.74, 6) is -0.494. The smallest absolute Gasteiger partial charge is 0.214 e. The van der Waals surface area contributed by atoms with Crippen molar-refractivity contribution < 1.29 is 4.39 Å². The zero-order valence-corrected chi connectivity index (χ0v) is 11.5. The summed E-state index contributed by atoms with van der Waals surface area (Å²) >= 11 is 3.53. The van der Waals surface area contributed by atoms with E-state index in [0.29, 0.717) is 5.69 Å². The minimum Gasteiger partial charge on any atom is -0.355 e. The van der Waals surface area contributed by atoms with Gasteiger partial charge in [0, 0.05) is 33.5 Å². The summed E-state index contributed by atoms with van der Waals surface area (Å²) in [6.07, 6.45) is 1.44. The van der Waals surface area contributed by atoms with Crippen molar-refractivity contribution in [2.24, 2.45) is 0 Å². The van der Waals surface area contributed by atoms with Gasteiger partial charge in [0.05, 0.1) is 0 Å². The lowest BCUT2D eigenvalue weighted by Crippen LogP contribution is -1.93. The van der Waals surface area contributed by atoms with Crippen LogP contribution in [-0.4, -0.2) is 4.98 Å². The SMILES string of the molecule is Fc1cc(Nc2ccc(Br)c3ccccc23)ccn1. The number of hydrogen-bond acceptors (Lipinski definition) is 2. The monoisotopic (exact) mass is 316 g/mol. The van der Waals surface area contributed by atoms with Gasteiger partial charge in [-0.2, -0.15) is 4.39 Å². The highest BCUT2D eigenvalue weighted by Gasteiger charge is 2.04. The molecule has 2 nitrogen and oxygen atoms in total. The Morgan fingerprint density at radius 3 is 2.58 bits per heavy atom. The van der Waals surface area contributed by atoms with Crippen LogP contribution in [0.3, 0.4) is 0 Å². The first kappa shape index (κ1) is 12.1. The number of nitrogens with one attached hydrogen (secondary N) is 1. The fourth-order valence-corrected chi connectivity index (χ4v) is 2.48. The van der Waals surface area contributed by atoms with Gasteiger partial charge in [-0.05, 0) is 23.6 Å². The molecule has 94 valence electrons. The Bertz CT molecular complexity index is 743. The van der Waals surface area contributed by atoms with Crippen LogP contribution in [0.4, 0.5) is 15.8 Å². The maximum absolute atomic E-state index is 13.1. The predicted molar refractivity (Wildman–Crippen MR) is 79.1 cm³/mol. The fourth-order valence-electron chi connectivity index (χ4n) is 2.01. The van der Waals surface area contributed by atoms with Crippen LogP contribution in [0.1, 0.15) is 0 Å². The maximum atomic E-state index is 13.1. The van der Waals surface area contributed by atoms with Crippen molar-refractivity contribution in [1.29, 1.82) is 0 Å². The molecule has 1 N–H and O–H groups in total. The second kappa shape index (κ2) is 4.97. The Balaban J connectivity index is 2.09. The molecule has 0 amide bonds. The van der Waals surface area contributed by atoms with Crippen LogP contribution in [0.2, 0.25) is 0 Å². The van der Waals surface area contributed by atoms with Gasteiger partial charge in [-0.3, -0.25) is 0 Å². The van der Waals surface area contributed by atoms with E-state index in [1.165, 1.54) is 12.3 Å². The fraction of sp³-hybridized carbons (Fsp3) is 0. The normalized spacial score (nSPS) is 10.6. The first-order valence-corrected chi connectivity index (χ1v) is 6.59. The van der Waals surface area contributed by atoms with E-state index in [2.05, 4.69) is 26.2 Å². The molecule has 0 saturated heterocycles. The zero-order valence-electron chi connectivity index (χ0n) is 9.90. The molecule has 0 unspecified atom stereocenters. The Labute approximate surface area is 118 Å². The lowest BCUT2D eigenvalue weighted by Gasteiger charge is -2.10. The van der Waals surface area contributed by atoms with Gasteiger partial charge >= 0.3 is 0 Å². The molecule has 0 aliphatic rings. The van der Waals surface area contributed by atoms with Crippen LogP contribution >= 0.6 is 15.9 Å². The summed E-state index contributed by atoms with van der Waals surface area (Å²) in [6.45, 7) is 0. The van der Waals surface area contributed by atoms with E-state index in [9.17, 15) is 4.39 Å². The van der Waals surface area contributed by atoms with Crippen LogP contribution in [0.25, 0.3) is 10.8 Å². The van der Waals surface area contributed by atoms with Gasteiger partial charge < -0.3 is 5.32 Å². The Hall–Kier alpha value is -1.94. The van der Waals surface area contributed by atoms with E-state index in [4.69, 9.17) is 0 Å². The molecule has 3 aromatic rings. The number of rotatable bonds is 2. The average molecular weight is 317 g/mol. The molecule has 0 aliphatic carbocycles. The van der Waals surface area contributed by atoms with Gasteiger partial charge in [0.15, 0.2) is 0 Å². The highest BCUT2D eigenvalue weighted by Crippen LogP contribution is 2.31.